The Morgan fingerprint density at radius 1 is 1.16 bits per heavy atom. The Hall–Kier alpha value is -1.42. The van der Waals surface area contributed by atoms with Crippen molar-refractivity contribution in [3.05, 3.63) is 23.5 Å². The molecular formula is C9H11F4N3O2S. The molecule has 0 aromatic carbocycles. The van der Waals surface area contributed by atoms with Crippen LogP contribution in [-0.2, 0) is 10.0 Å². The van der Waals surface area contributed by atoms with E-state index in [0.29, 0.717) is 0 Å². The molecule has 0 saturated heterocycles. The average molecular weight is 301 g/mol. The number of halogens is 4. The van der Waals surface area contributed by atoms with E-state index in [-0.39, 0.29) is 13.1 Å². The van der Waals surface area contributed by atoms with E-state index >= 15 is 0 Å². The van der Waals surface area contributed by atoms with E-state index in [9.17, 15) is 26.0 Å². The Bertz CT molecular complexity index is 553. The quantitative estimate of drug-likeness (QED) is 0.640. The van der Waals surface area contributed by atoms with Crippen molar-refractivity contribution < 1.29 is 26.0 Å². The second kappa shape index (κ2) is 5.70. The number of aromatic nitrogens is 1. The van der Waals surface area contributed by atoms with Crippen molar-refractivity contribution in [2.24, 2.45) is 0 Å². The minimum absolute atomic E-state index is 0.181. The molecule has 0 aliphatic carbocycles. The fourth-order valence-electron chi connectivity index (χ4n) is 1.32. The van der Waals surface area contributed by atoms with E-state index in [2.05, 4.69) is 9.71 Å². The first-order valence-electron chi connectivity index (χ1n) is 4.99. The Balaban J connectivity index is 2.91. The third-order valence-corrected chi connectivity index (χ3v) is 2.90. The van der Waals surface area contributed by atoms with Crippen molar-refractivity contribution in [2.75, 3.05) is 31.3 Å². The van der Waals surface area contributed by atoms with E-state index in [4.69, 9.17) is 0 Å². The number of hydrogen-bond donors (Lipinski definition) is 1. The molecule has 5 nitrogen and oxygen atoms in total. The minimum Gasteiger partial charge on any atom is -0.368 e. The van der Waals surface area contributed by atoms with Gasteiger partial charge in [0.15, 0.2) is 0 Å². The topological polar surface area (TPSA) is 62.3 Å². The fraction of sp³-hybridized carbons (Fsp3) is 0.444. The number of anilines is 1. The van der Waals surface area contributed by atoms with Crippen molar-refractivity contribution in [3.63, 3.8) is 0 Å². The number of rotatable bonds is 5. The molecular weight excluding hydrogens is 290 g/mol. The van der Waals surface area contributed by atoms with Crippen LogP contribution in [0.2, 0.25) is 0 Å². The predicted molar refractivity (Wildman–Crippen MR) is 60.2 cm³/mol. The highest BCUT2D eigenvalue weighted by atomic mass is 32.2. The molecule has 1 rings (SSSR count). The van der Waals surface area contributed by atoms with E-state index in [1.165, 1.54) is 0 Å². The highest BCUT2D eigenvalue weighted by molar-refractivity contribution is 7.88. The predicted octanol–water partition coefficient (Wildman–Crippen LogP) is 0.623. The number of hydrogen-bond acceptors (Lipinski definition) is 4. The Labute approximate surface area is 107 Å². The summed E-state index contributed by atoms with van der Waals surface area (Å²) in [4.78, 5) is 3.26. The molecule has 1 aromatic heterocycles. The van der Waals surface area contributed by atoms with E-state index in [1.54, 1.807) is 0 Å². The molecule has 0 amide bonds. The first-order valence-corrected chi connectivity index (χ1v) is 6.88. The maximum atomic E-state index is 13.3. The number of nitrogens with one attached hydrogen (secondary N) is 1. The van der Waals surface area contributed by atoms with Gasteiger partial charge in [0.2, 0.25) is 21.7 Å². The van der Waals surface area contributed by atoms with Gasteiger partial charge in [0.1, 0.15) is 5.69 Å². The lowest BCUT2D eigenvalue weighted by atomic mass is 10.3. The molecule has 1 heterocycles. The molecule has 1 aromatic rings. The first kappa shape index (κ1) is 15.6. The van der Waals surface area contributed by atoms with Gasteiger partial charge in [0, 0.05) is 20.1 Å². The SMILES string of the molecule is CN(CCNS(C)(=O)=O)c1c(F)c(F)nc(F)c1F. The van der Waals surface area contributed by atoms with Crippen molar-refractivity contribution in [3.8, 4) is 0 Å². The second-order valence-corrected chi connectivity index (χ2v) is 5.59. The van der Waals surface area contributed by atoms with E-state index < -0.39 is 39.2 Å². The Kier molecular flexibility index (Phi) is 4.69. The summed E-state index contributed by atoms with van der Waals surface area (Å²) in [6, 6.07) is 0. The van der Waals surface area contributed by atoms with Crippen LogP contribution in [0.3, 0.4) is 0 Å². The Morgan fingerprint density at radius 3 is 2.05 bits per heavy atom. The van der Waals surface area contributed by atoms with Gasteiger partial charge in [-0.3, -0.25) is 0 Å². The van der Waals surface area contributed by atoms with Gasteiger partial charge in [-0.1, -0.05) is 0 Å². The van der Waals surface area contributed by atoms with E-state index in [0.717, 1.165) is 18.2 Å². The smallest absolute Gasteiger partial charge is 0.253 e. The van der Waals surface area contributed by atoms with E-state index in [1.807, 2.05) is 0 Å². The molecule has 0 saturated carbocycles. The fourth-order valence-corrected chi connectivity index (χ4v) is 1.78. The molecule has 19 heavy (non-hydrogen) atoms. The van der Waals surface area contributed by atoms with Crippen molar-refractivity contribution in [1.29, 1.82) is 0 Å². The van der Waals surface area contributed by atoms with Gasteiger partial charge in [-0.2, -0.15) is 22.5 Å². The molecule has 1 N–H and O–H groups in total. The van der Waals surface area contributed by atoms with Crippen LogP contribution in [0.15, 0.2) is 0 Å². The molecule has 108 valence electrons. The molecule has 0 bridgehead atoms. The third-order valence-electron chi connectivity index (χ3n) is 2.17. The maximum Gasteiger partial charge on any atom is 0.253 e. The monoisotopic (exact) mass is 301 g/mol. The normalized spacial score (nSPS) is 11.7. The Morgan fingerprint density at radius 2 is 1.63 bits per heavy atom. The highest BCUT2D eigenvalue weighted by Gasteiger charge is 2.23. The molecule has 0 aliphatic heterocycles. The van der Waals surface area contributed by atoms with Gasteiger partial charge in [0.05, 0.1) is 6.26 Å². The van der Waals surface area contributed by atoms with Gasteiger partial charge in [0.25, 0.3) is 11.9 Å². The summed E-state index contributed by atoms with van der Waals surface area (Å²) in [6.45, 7) is -0.371. The number of likely N-dealkylation sites (N-methyl/N-ethyl adjacent to an activating group) is 1. The van der Waals surface area contributed by atoms with Gasteiger partial charge in [-0.25, -0.2) is 13.1 Å². The first-order chi connectivity index (χ1) is 8.63. The molecule has 0 spiro atoms. The number of nitrogens with zero attached hydrogens (tertiary/aromatic N) is 2. The van der Waals surface area contributed by atoms with Gasteiger partial charge in [-0.15, -0.1) is 0 Å². The third kappa shape index (κ3) is 4.03. The molecule has 0 atom stereocenters. The lowest BCUT2D eigenvalue weighted by Crippen LogP contribution is -2.33. The summed E-state index contributed by atoms with van der Waals surface area (Å²) in [6.07, 6.45) is 0.903. The van der Waals surface area contributed by atoms with Gasteiger partial charge < -0.3 is 4.90 Å². The van der Waals surface area contributed by atoms with Crippen LogP contribution in [0.5, 0.6) is 0 Å². The zero-order valence-electron chi connectivity index (χ0n) is 10.0. The van der Waals surface area contributed by atoms with Crippen LogP contribution in [0.25, 0.3) is 0 Å². The van der Waals surface area contributed by atoms with Gasteiger partial charge in [-0.05, 0) is 0 Å². The largest absolute Gasteiger partial charge is 0.368 e. The van der Waals surface area contributed by atoms with Crippen molar-refractivity contribution in [2.45, 2.75) is 0 Å². The van der Waals surface area contributed by atoms with Crippen molar-refractivity contribution >= 4 is 15.7 Å². The van der Waals surface area contributed by atoms with Crippen LogP contribution in [0, 0.1) is 23.5 Å². The maximum absolute atomic E-state index is 13.3. The lowest BCUT2D eigenvalue weighted by molar-refractivity contribution is 0.407. The number of sulfonamides is 1. The molecule has 0 fully saturated rings. The average Bonchev–Trinajstić information content (AvgIpc) is 2.25. The zero-order chi connectivity index (χ0) is 14.8. The standard InChI is InChI=1S/C9H11F4N3O2S/c1-16(4-3-14-19(2,17)18)7-5(10)8(12)15-9(13)6(7)11/h14H,3-4H2,1-2H3. The molecule has 0 unspecified atom stereocenters. The van der Waals surface area contributed by atoms with Crippen LogP contribution >= 0.6 is 0 Å². The van der Waals surface area contributed by atoms with Gasteiger partial charge >= 0.3 is 0 Å². The summed E-state index contributed by atoms with van der Waals surface area (Å²) in [5.74, 6) is -6.81. The highest BCUT2D eigenvalue weighted by Crippen LogP contribution is 2.24. The van der Waals surface area contributed by atoms with Crippen LogP contribution in [0.1, 0.15) is 0 Å². The van der Waals surface area contributed by atoms with Crippen molar-refractivity contribution in [1.82, 2.24) is 9.71 Å². The van der Waals surface area contributed by atoms with Crippen LogP contribution < -0.4 is 9.62 Å². The number of pyridine rings is 1. The molecule has 0 radical (unpaired) electrons. The van der Waals surface area contributed by atoms with Crippen LogP contribution in [0.4, 0.5) is 23.2 Å². The summed E-state index contributed by atoms with van der Waals surface area (Å²) in [5.41, 5.74) is -0.944. The van der Waals surface area contributed by atoms with Crippen LogP contribution in [-0.4, -0.2) is 39.8 Å². The summed E-state index contributed by atoms with van der Waals surface area (Å²) >= 11 is 0. The molecule has 0 aliphatic rings. The summed E-state index contributed by atoms with van der Waals surface area (Å²) < 4.78 is 76.0. The second-order valence-electron chi connectivity index (χ2n) is 3.76. The zero-order valence-corrected chi connectivity index (χ0v) is 10.9. The minimum atomic E-state index is -3.46. The summed E-state index contributed by atoms with van der Waals surface area (Å²) in [5, 5.41) is 0. The summed E-state index contributed by atoms with van der Waals surface area (Å²) in [7, 11) is -2.31. The molecule has 10 heteroatoms. The lowest BCUT2D eigenvalue weighted by Gasteiger charge is -2.20.